The summed E-state index contributed by atoms with van der Waals surface area (Å²) in [5.41, 5.74) is 1.15. The lowest BCUT2D eigenvalue weighted by Crippen LogP contribution is -2.02. The summed E-state index contributed by atoms with van der Waals surface area (Å²) >= 11 is 0. The first kappa shape index (κ1) is 8.91. The largest absolute Gasteiger partial charge is 0.504 e. The maximum absolute atomic E-state index is 9.68. The molecule has 2 aromatic carbocycles. The molecule has 0 spiro atoms. The van der Waals surface area contributed by atoms with Gasteiger partial charge in [0.1, 0.15) is 5.69 Å². The van der Waals surface area contributed by atoms with Crippen LogP contribution in [0.4, 0.5) is 11.4 Å². The summed E-state index contributed by atoms with van der Waals surface area (Å²) in [4.78, 5) is 0. The van der Waals surface area contributed by atoms with E-state index in [1.54, 1.807) is 6.07 Å². The number of ether oxygens (including phenoxy) is 1. The Balaban J connectivity index is 2.16. The third kappa shape index (κ3) is 1.16. The average Bonchev–Trinajstić information content (AvgIpc) is 2.32. The molecule has 0 radical (unpaired) electrons. The van der Waals surface area contributed by atoms with E-state index < -0.39 is 0 Å². The molecular formula is C12H9NO3. The normalized spacial score (nSPS) is 12.0. The van der Waals surface area contributed by atoms with Crippen molar-refractivity contribution in [2.75, 3.05) is 5.32 Å². The zero-order valence-electron chi connectivity index (χ0n) is 8.27. The van der Waals surface area contributed by atoms with Gasteiger partial charge in [-0.3, -0.25) is 0 Å². The van der Waals surface area contributed by atoms with Crippen LogP contribution in [0.1, 0.15) is 0 Å². The zero-order valence-corrected chi connectivity index (χ0v) is 8.27. The molecule has 1 heterocycles. The third-order valence-electron chi connectivity index (χ3n) is 2.49. The van der Waals surface area contributed by atoms with Crippen molar-refractivity contribution in [3.05, 3.63) is 36.4 Å². The first-order chi connectivity index (χ1) is 7.75. The van der Waals surface area contributed by atoms with Gasteiger partial charge in [0.05, 0.1) is 5.69 Å². The van der Waals surface area contributed by atoms with Gasteiger partial charge in [-0.1, -0.05) is 12.1 Å². The maximum atomic E-state index is 9.68. The first-order valence-electron chi connectivity index (χ1n) is 4.84. The Morgan fingerprint density at radius 3 is 2.62 bits per heavy atom. The van der Waals surface area contributed by atoms with Crippen molar-refractivity contribution in [2.24, 2.45) is 0 Å². The number of nitrogens with one attached hydrogen (secondary N) is 1. The lowest BCUT2D eigenvalue weighted by atomic mass is 10.2. The van der Waals surface area contributed by atoms with Crippen LogP contribution in [-0.4, -0.2) is 10.2 Å². The number of anilines is 2. The Morgan fingerprint density at radius 1 is 0.938 bits per heavy atom. The van der Waals surface area contributed by atoms with Crippen molar-refractivity contribution in [2.45, 2.75) is 0 Å². The highest BCUT2D eigenvalue weighted by atomic mass is 16.5. The summed E-state index contributed by atoms with van der Waals surface area (Å²) in [6.45, 7) is 0. The van der Waals surface area contributed by atoms with Crippen molar-refractivity contribution in [1.82, 2.24) is 0 Å². The van der Waals surface area contributed by atoms with Gasteiger partial charge in [0.25, 0.3) is 0 Å². The fourth-order valence-electron chi connectivity index (χ4n) is 1.68. The minimum atomic E-state index is -0.202. The Bertz CT molecular complexity index is 566. The second-order valence-corrected chi connectivity index (χ2v) is 3.53. The molecular weight excluding hydrogens is 206 g/mol. The van der Waals surface area contributed by atoms with Crippen LogP contribution in [0.3, 0.4) is 0 Å². The molecule has 3 rings (SSSR count). The van der Waals surface area contributed by atoms with Crippen LogP contribution >= 0.6 is 0 Å². The van der Waals surface area contributed by atoms with Gasteiger partial charge in [-0.25, -0.2) is 0 Å². The predicted molar refractivity (Wildman–Crippen MR) is 59.6 cm³/mol. The number of benzene rings is 2. The van der Waals surface area contributed by atoms with E-state index >= 15 is 0 Å². The highest BCUT2D eigenvalue weighted by Crippen LogP contribution is 2.48. The third-order valence-corrected chi connectivity index (χ3v) is 2.49. The van der Waals surface area contributed by atoms with E-state index in [1.807, 2.05) is 24.3 Å². The van der Waals surface area contributed by atoms with Gasteiger partial charge < -0.3 is 20.3 Å². The van der Waals surface area contributed by atoms with Gasteiger partial charge in [0.15, 0.2) is 23.0 Å². The number of fused-ring (bicyclic) bond motifs is 2. The highest BCUT2D eigenvalue weighted by Gasteiger charge is 2.20. The summed E-state index contributed by atoms with van der Waals surface area (Å²) < 4.78 is 5.58. The van der Waals surface area contributed by atoms with E-state index in [-0.39, 0.29) is 11.5 Å². The van der Waals surface area contributed by atoms with E-state index in [0.29, 0.717) is 17.2 Å². The number of aromatic hydroxyl groups is 2. The maximum Gasteiger partial charge on any atom is 0.185 e. The van der Waals surface area contributed by atoms with Gasteiger partial charge in [0, 0.05) is 0 Å². The van der Waals surface area contributed by atoms with Crippen molar-refractivity contribution in [3.8, 4) is 23.0 Å². The van der Waals surface area contributed by atoms with Crippen LogP contribution in [0, 0.1) is 0 Å². The summed E-state index contributed by atoms with van der Waals surface area (Å²) in [6.07, 6.45) is 0. The topological polar surface area (TPSA) is 61.7 Å². The fourth-order valence-corrected chi connectivity index (χ4v) is 1.68. The molecule has 0 unspecified atom stereocenters. The van der Waals surface area contributed by atoms with Crippen LogP contribution in [0.25, 0.3) is 0 Å². The Kier molecular flexibility index (Phi) is 1.71. The highest BCUT2D eigenvalue weighted by molar-refractivity contribution is 5.81. The molecule has 1 aliphatic rings. The van der Waals surface area contributed by atoms with E-state index in [4.69, 9.17) is 4.74 Å². The first-order valence-corrected chi connectivity index (χ1v) is 4.84. The minimum absolute atomic E-state index is 0.172. The van der Waals surface area contributed by atoms with Crippen LogP contribution in [0.5, 0.6) is 23.0 Å². The summed E-state index contributed by atoms with van der Waals surface area (Å²) in [5, 5.41) is 22.1. The zero-order chi connectivity index (χ0) is 11.1. The monoisotopic (exact) mass is 215 g/mol. The number of para-hydroxylation sites is 2. The minimum Gasteiger partial charge on any atom is -0.504 e. The van der Waals surface area contributed by atoms with Gasteiger partial charge in [0.2, 0.25) is 0 Å². The second-order valence-electron chi connectivity index (χ2n) is 3.53. The van der Waals surface area contributed by atoms with Gasteiger partial charge in [-0.2, -0.15) is 0 Å². The van der Waals surface area contributed by atoms with Gasteiger partial charge >= 0.3 is 0 Å². The van der Waals surface area contributed by atoms with E-state index in [1.165, 1.54) is 6.07 Å². The van der Waals surface area contributed by atoms with E-state index in [0.717, 1.165) is 5.69 Å². The molecule has 4 heteroatoms. The standard InChI is InChI=1S/C12H9NO3/c14-8-5-6-10-11(12(8)15)13-7-3-1-2-4-9(7)16-10/h1-6,13-15H. The SMILES string of the molecule is Oc1ccc2c(c1O)Nc1ccccc1O2. The molecule has 0 saturated heterocycles. The second kappa shape index (κ2) is 3.06. The molecule has 80 valence electrons. The Labute approximate surface area is 91.7 Å². The molecule has 2 aromatic rings. The molecule has 0 fully saturated rings. The predicted octanol–water partition coefficient (Wildman–Crippen LogP) is 2.95. The number of phenolic OH excluding ortho intramolecular Hbond substituents is 2. The van der Waals surface area contributed by atoms with Gasteiger partial charge in [-0.05, 0) is 24.3 Å². The molecule has 0 atom stereocenters. The number of rotatable bonds is 0. The van der Waals surface area contributed by atoms with Crippen LogP contribution in [0.15, 0.2) is 36.4 Å². The van der Waals surface area contributed by atoms with E-state index in [2.05, 4.69) is 5.32 Å². The van der Waals surface area contributed by atoms with Crippen LogP contribution in [0.2, 0.25) is 0 Å². The quantitative estimate of drug-likeness (QED) is 0.504. The molecule has 0 bridgehead atoms. The Hall–Kier alpha value is -2.36. The number of hydrogen-bond donors (Lipinski definition) is 3. The van der Waals surface area contributed by atoms with Crippen molar-refractivity contribution in [1.29, 1.82) is 0 Å². The molecule has 1 aliphatic heterocycles. The molecule has 16 heavy (non-hydrogen) atoms. The van der Waals surface area contributed by atoms with Crippen molar-refractivity contribution >= 4 is 11.4 Å². The van der Waals surface area contributed by atoms with Gasteiger partial charge in [-0.15, -0.1) is 0 Å². The van der Waals surface area contributed by atoms with Crippen LogP contribution < -0.4 is 10.1 Å². The average molecular weight is 215 g/mol. The number of hydrogen-bond acceptors (Lipinski definition) is 4. The smallest absolute Gasteiger partial charge is 0.185 e. The summed E-state index contributed by atoms with van der Waals surface area (Å²) in [7, 11) is 0. The van der Waals surface area contributed by atoms with Crippen LogP contribution in [-0.2, 0) is 0 Å². The Morgan fingerprint density at radius 2 is 1.75 bits per heavy atom. The van der Waals surface area contributed by atoms with E-state index in [9.17, 15) is 10.2 Å². The summed E-state index contributed by atoms with van der Waals surface area (Å²) in [5.74, 6) is 0.815. The summed E-state index contributed by atoms with van der Waals surface area (Å²) in [6, 6.07) is 10.4. The molecule has 3 N–H and O–H groups in total. The van der Waals surface area contributed by atoms with Crippen molar-refractivity contribution < 1.29 is 14.9 Å². The lowest BCUT2D eigenvalue weighted by Gasteiger charge is -2.22. The molecule has 4 nitrogen and oxygen atoms in total. The van der Waals surface area contributed by atoms with Crippen molar-refractivity contribution in [3.63, 3.8) is 0 Å². The number of phenols is 2. The molecule has 0 amide bonds. The molecule has 0 saturated carbocycles. The fraction of sp³-hybridized carbons (Fsp3) is 0. The lowest BCUT2D eigenvalue weighted by molar-refractivity contribution is 0.399. The molecule has 0 aromatic heterocycles. The molecule has 0 aliphatic carbocycles.